The lowest BCUT2D eigenvalue weighted by atomic mass is 10.1. The van der Waals surface area contributed by atoms with Crippen LogP contribution in [0.15, 0.2) is 77.5 Å². The van der Waals surface area contributed by atoms with Crippen molar-refractivity contribution in [3.8, 4) is 0 Å². The summed E-state index contributed by atoms with van der Waals surface area (Å²) in [6.45, 7) is 8.06. The lowest BCUT2D eigenvalue weighted by Gasteiger charge is -2.44. The Labute approximate surface area is 227 Å². The molecule has 5 nitrogen and oxygen atoms in total. The van der Waals surface area contributed by atoms with Gasteiger partial charge >= 0.3 is 0 Å². The van der Waals surface area contributed by atoms with E-state index in [1.165, 1.54) is 10.4 Å². The molecule has 2 atom stereocenters. The van der Waals surface area contributed by atoms with Crippen LogP contribution in [0.1, 0.15) is 39.7 Å². The van der Waals surface area contributed by atoms with Crippen LogP contribution in [0, 0.1) is 0 Å². The number of nitrogens with zero attached hydrogens (tertiary/aromatic N) is 3. The number of hydrogen-bond acceptors (Lipinski definition) is 4. The van der Waals surface area contributed by atoms with Crippen LogP contribution >= 0.6 is 27.5 Å². The first-order chi connectivity index (χ1) is 17.3. The number of fused-ring (bicyclic) bond motifs is 1. The van der Waals surface area contributed by atoms with E-state index in [9.17, 15) is 0 Å². The molecule has 188 valence electrons. The molecule has 4 aromatic rings. The monoisotopic (exact) mass is 583 g/mol. The fourth-order valence-electron chi connectivity index (χ4n) is 5.38. The standard InChI is InChI=1S/C28H31BrClN3O2Si/c1-28(2,3)36(22-10-6-4-7-11-22,23-12-8-5-9-13-23)35-19-21-15-14-20(18-34-21)33-24-16-17-31-27(30)25(24)26(29)32-33/h4-13,16-17,20-21H,14-15,18-19H2,1-3H3. The normalized spacial score (nSPS) is 19.0. The molecule has 1 saturated heterocycles. The van der Waals surface area contributed by atoms with Gasteiger partial charge in [-0.3, -0.25) is 4.68 Å². The first-order valence-electron chi connectivity index (χ1n) is 12.4. The Hall–Kier alpha value is -2.03. The number of benzene rings is 2. The van der Waals surface area contributed by atoms with E-state index in [1.807, 2.05) is 10.7 Å². The van der Waals surface area contributed by atoms with E-state index < -0.39 is 8.32 Å². The van der Waals surface area contributed by atoms with Gasteiger partial charge in [0.15, 0.2) is 0 Å². The number of ether oxygens (including phenoxy) is 1. The number of pyridine rings is 1. The summed E-state index contributed by atoms with van der Waals surface area (Å²) in [4.78, 5) is 4.19. The van der Waals surface area contributed by atoms with Crippen LogP contribution in [-0.2, 0) is 9.16 Å². The average Bonchev–Trinajstić information content (AvgIpc) is 3.23. The van der Waals surface area contributed by atoms with E-state index in [2.05, 4.69) is 102 Å². The predicted octanol–water partition coefficient (Wildman–Crippen LogP) is 6.14. The highest BCUT2D eigenvalue weighted by Crippen LogP contribution is 2.38. The van der Waals surface area contributed by atoms with E-state index in [0.29, 0.717) is 23.0 Å². The maximum atomic E-state index is 7.10. The van der Waals surface area contributed by atoms with Crippen molar-refractivity contribution in [3.05, 3.63) is 82.7 Å². The molecular formula is C28H31BrClN3O2Si. The van der Waals surface area contributed by atoms with Crippen molar-refractivity contribution in [2.75, 3.05) is 13.2 Å². The Morgan fingerprint density at radius 3 is 2.22 bits per heavy atom. The summed E-state index contributed by atoms with van der Waals surface area (Å²) in [5.74, 6) is 0. The summed E-state index contributed by atoms with van der Waals surface area (Å²) >= 11 is 9.87. The molecule has 3 heterocycles. The third kappa shape index (κ3) is 4.68. The van der Waals surface area contributed by atoms with Crippen LogP contribution < -0.4 is 10.4 Å². The first kappa shape index (κ1) is 25.6. The van der Waals surface area contributed by atoms with E-state index in [0.717, 1.165) is 23.7 Å². The fourth-order valence-corrected chi connectivity index (χ4v) is 10.9. The summed E-state index contributed by atoms with van der Waals surface area (Å²) in [6.07, 6.45) is 3.62. The van der Waals surface area contributed by atoms with Crippen molar-refractivity contribution in [1.82, 2.24) is 14.8 Å². The van der Waals surface area contributed by atoms with E-state index in [4.69, 9.17) is 25.9 Å². The Morgan fingerprint density at radius 1 is 1.03 bits per heavy atom. The molecule has 0 N–H and O–H groups in total. The highest BCUT2D eigenvalue weighted by atomic mass is 79.9. The molecule has 2 aromatic heterocycles. The zero-order chi connectivity index (χ0) is 25.3. The number of hydrogen-bond donors (Lipinski definition) is 0. The molecule has 1 aliphatic heterocycles. The number of aromatic nitrogens is 3. The second-order valence-corrected chi connectivity index (χ2v) is 15.8. The molecule has 36 heavy (non-hydrogen) atoms. The summed E-state index contributed by atoms with van der Waals surface area (Å²) < 4.78 is 16.2. The molecule has 8 heteroatoms. The predicted molar refractivity (Wildman–Crippen MR) is 152 cm³/mol. The first-order valence-corrected chi connectivity index (χ1v) is 15.4. The lowest BCUT2D eigenvalue weighted by Crippen LogP contribution is -2.67. The van der Waals surface area contributed by atoms with Gasteiger partial charge < -0.3 is 9.16 Å². The van der Waals surface area contributed by atoms with Crippen molar-refractivity contribution in [2.45, 2.75) is 50.8 Å². The minimum atomic E-state index is -2.58. The van der Waals surface area contributed by atoms with E-state index >= 15 is 0 Å². The minimum Gasteiger partial charge on any atom is -0.405 e. The topological polar surface area (TPSA) is 49.2 Å². The van der Waals surface area contributed by atoms with Gasteiger partial charge in [0.05, 0.1) is 36.3 Å². The largest absolute Gasteiger partial charge is 0.405 e. The summed E-state index contributed by atoms with van der Waals surface area (Å²) in [6, 6.07) is 23.6. The zero-order valence-corrected chi connectivity index (χ0v) is 24.2. The van der Waals surface area contributed by atoms with Gasteiger partial charge in [0, 0.05) is 6.20 Å². The Morgan fingerprint density at radius 2 is 1.67 bits per heavy atom. The van der Waals surface area contributed by atoms with Gasteiger partial charge in [0.1, 0.15) is 9.76 Å². The SMILES string of the molecule is CC(C)(C)[Si](OCC1CCC(n2nc(Br)c3c(Cl)nccc32)CO1)(c1ccccc1)c1ccccc1. The van der Waals surface area contributed by atoms with Crippen LogP contribution in [0.25, 0.3) is 10.9 Å². The van der Waals surface area contributed by atoms with Gasteiger partial charge in [-0.1, -0.05) is 93.0 Å². The molecule has 2 aromatic carbocycles. The van der Waals surface area contributed by atoms with Crippen molar-refractivity contribution < 1.29 is 9.16 Å². The molecule has 1 fully saturated rings. The van der Waals surface area contributed by atoms with E-state index in [1.54, 1.807) is 6.20 Å². The Balaban J connectivity index is 1.36. The third-order valence-electron chi connectivity index (χ3n) is 7.13. The molecule has 0 aliphatic carbocycles. The van der Waals surface area contributed by atoms with Crippen LogP contribution in [0.3, 0.4) is 0 Å². The van der Waals surface area contributed by atoms with Gasteiger partial charge in [-0.05, 0) is 50.2 Å². The molecule has 0 saturated carbocycles. The zero-order valence-electron chi connectivity index (χ0n) is 20.8. The minimum absolute atomic E-state index is 0.0402. The smallest absolute Gasteiger partial charge is 0.261 e. The molecule has 2 unspecified atom stereocenters. The van der Waals surface area contributed by atoms with Crippen LogP contribution in [0.2, 0.25) is 10.2 Å². The number of halogens is 2. The van der Waals surface area contributed by atoms with Crippen molar-refractivity contribution in [2.24, 2.45) is 0 Å². The second-order valence-electron chi connectivity index (χ2n) is 10.4. The lowest BCUT2D eigenvalue weighted by molar-refractivity contribution is -0.0369. The van der Waals surface area contributed by atoms with Crippen molar-refractivity contribution >= 4 is 57.1 Å². The molecule has 0 spiro atoms. The van der Waals surface area contributed by atoms with Gasteiger partial charge in [0.2, 0.25) is 0 Å². The molecule has 0 amide bonds. The maximum absolute atomic E-state index is 7.10. The summed E-state index contributed by atoms with van der Waals surface area (Å²) in [5.41, 5.74) is 0.970. The van der Waals surface area contributed by atoms with Gasteiger partial charge in [-0.15, -0.1) is 0 Å². The molecule has 5 rings (SSSR count). The van der Waals surface area contributed by atoms with Crippen molar-refractivity contribution in [1.29, 1.82) is 0 Å². The molecule has 0 radical (unpaired) electrons. The summed E-state index contributed by atoms with van der Waals surface area (Å²) in [7, 11) is -2.58. The third-order valence-corrected chi connectivity index (χ3v) is 13.0. The molecule has 0 bridgehead atoms. The van der Waals surface area contributed by atoms with Gasteiger partial charge in [-0.2, -0.15) is 5.10 Å². The maximum Gasteiger partial charge on any atom is 0.261 e. The molecular weight excluding hydrogens is 554 g/mol. The summed E-state index contributed by atoms with van der Waals surface area (Å²) in [5, 5.41) is 8.52. The van der Waals surface area contributed by atoms with Crippen LogP contribution in [0.4, 0.5) is 0 Å². The fraction of sp³-hybridized carbons (Fsp3) is 0.357. The highest BCUT2D eigenvalue weighted by Gasteiger charge is 2.50. The Bertz CT molecular complexity index is 1280. The average molecular weight is 585 g/mol. The number of rotatable bonds is 6. The molecule has 1 aliphatic rings. The van der Waals surface area contributed by atoms with E-state index in [-0.39, 0.29) is 17.2 Å². The van der Waals surface area contributed by atoms with Crippen molar-refractivity contribution in [3.63, 3.8) is 0 Å². The second kappa shape index (κ2) is 10.4. The van der Waals surface area contributed by atoms with Crippen LogP contribution in [-0.4, -0.2) is 42.4 Å². The van der Waals surface area contributed by atoms with Gasteiger partial charge in [-0.25, -0.2) is 4.98 Å². The van der Waals surface area contributed by atoms with Crippen LogP contribution in [0.5, 0.6) is 0 Å². The Kier molecular flexibility index (Phi) is 7.38. The highest BCUT2D eigenvalue weighted by molar-refractivity contribution is 9.10. The quantitative estimate of drug-likeness (QED) is 0.202. The van der Waals surface area contributed by atoms with Gasteiger partial charge in [0.25, 0.3) is 8.32 Å².